The number of likely N-dealkylation sites (tertiary alicyclic amines) is 1. The van der Waals surface area contributed by atoms with Crippen molar-refractivity contribution in [3.63, 3.8) is 0 Å². The highest BCUT2D eigenvalue weighted by molar-refractivity contribution is 5.99. The highest BCUT2D eigenvalue weighted by atomic mass is 16.3. The van der Waals surface area contributed by atoms with Crippen molar-refractivity contribution in [3.05, 3.63) is 36.0 Å². The third-order valence-corrected chi connectivity index (χ3v) is 4.95. The van der Waals surface area contributed by atoms with Crippen LogP contribution in [0.1, 0.15) is 47.8 Å². The van der Waals surface area contributed by atoms with E-state index in [9.17, 15) is 4.79 Å². The van der Waals surface area contributed by atoms with Gasteiger partial charge < -0.3 is 14.9 Å². The van der Waals surface area contributed by atoms with Gasteiger partial charge in [0.2, 0.25) is 0 Å². The fourth-order valence-corrected chi connectivity index (χ4v) is 3.71. The minimum Gasteiger partial charge on any atom is -0.483 e. The van der Waals surface area contributed by atoms with Crippen molar-refractivity contribution in [3.8, 4) is 0 Å². The van der Waals surface area contributed by atoms with E-state index in [1.165, 1.54) is 0 Å². The van der Waals surface area contributed by atoms with Gasteiger partial charge in [0.15, 0.2) is 0 Å². The van der Waals surface area contributed by atoms with Gasteiger partial charge in [-0.05, 0) is 37.8 Å². The first-order valence-corrected chi connectivity index (χ1v) is 9.17. The third kappa shape index (κ3) is 4.42. The van der Waals surface area contributed by atoms with E-state index in [1.54, 1.807) is 12.5 Å². The minimum atomic E-state index is -0.250. The minimum absolute atomic E-state index is 0.109. The van der Waals surface area contributed by atoms with Gasteiger partial charge in [-0.25, -0.2) is 9.97 Å². The summed E-state index contributed by atoms with van der Waals surface area (Å²) in [6.45, 7) is 3.19. The lowest BCUT2D eigenvalue weighted by molar-refractivity contribution is -0.122. The molecular weight excluding hydrogens is 348 g/mol. The number of hydrogen-bond acceptors (Lipinski definition) is 6. The predicted molar refractivity (Wildman–Crippen MR) is 98.6 cm³/mol. The van der Waals surface area contributed by atoms with Crippen LogP contribution < -0.4 is 4.90 Å². The molecule has 0 aliphatic carbocycles. The molecule has 2 aliphatic rings. The Labute approximate surface area is 157 Å². The molecule has 0 radical (unpaired) electrons. The fourth-order valence-electron chi connectivity index (χ4n) is 3.71. The Morgan fingerprint density at radius 2 is 2.00 bits per heavy atom. The van der Waals surface area contributed by atoms with Gasteiger partial charge in [-0.3, -0.25) is 14.7 Å². The van der Waals surface area contributed by atoms with E-state index >= 15 is 0 Å². The van der Waals surface area contributed by atoms with Crippen LogP contribution in [0.5, 0.6) is 0 Å². The van der Waals surface area contributed by atoms with Crippen LogP contribution in [-0.2, 0) is 4.79 Å². The molecule has 4 rings (SSSR count). The second-order valence-corrected chi connectivity index (χ2v) is 6.64. The number of aromatic amines is 1. The molecule has 2 aromatic rings. The zero-order valence-corrected chi connectivity index (χ0v) is 15.1. The van der Waals surface area contributed by atoms with E-state index in [1.807, 2.05) is 17.0 Å². The number of nitrogens with zero attached hydrogens (tertiary/aromatic N) is 5. The Bertz CT molecular complexity index is 745. The predicted octanol–water partition coefficient (Wildman–Crippen LogP) is 1.52. The number of anilines is 1. The van der Waals surface area contributed by atoms with Crippen LogP contribution in [-0.4, -0.2) is 68.7 Å². The Morgan fingerprint density at radius 3 is 2.70 bits per heavy atom. The van der Waals surface area contributed by atoms with Crippen molar-refractivity contribution in [2.45, 2.75) is 31.6 Å². The molecule has 4 heterocycles. The van der Waals surface area contributed by atoms with Crippen LogP contribution in [0.2, 0.25) is 0 Å². The number of pyridine rings is 1. The molecule has 2 N–H and O–H groups in total. The largest absolute Gasteiger partial charge is 0.483 e. The van der Waals surface area contributed by atoms with Gasteiger partial charge >= 0.3 is 0 Å². The average Bonchev–Trinajstić information content (AvgIpc) is 3.42. The molecule has 9 heteroatoms. The molecule has 0 saturated carbocycles. The van der Waals surface area contributed by atoms with Crippen molar-refractivity contribution in [1.82, 2.24) is 25.1 Å². The van der Waals surface area contributed by atoms with Gasteiger partial charge in [0, 0.05) is 38.3 Å². The number of carbonyl (C=O) groups excluding carboxylic acids is 1. The van der Waals surface area contributed by atoms with Crippen molar-refractivity contribution >= 4 is 18.2 Å². The number of H-pyrrole nitrogens is 1. The van der Waals surface area contributed by atoms with E-state index in [2.05, 4.69) is 25.1 Å². The van der Waals surface area contributed by atoms with Gasteiger partial charge in [-0.1, -0.05) is 0 Å². The summed E-state index contributed by atoms with van der Waals surface area (Å²) >= 11 is 0. The lowest BCUT2D eigenvalue weighted by Crippen LogP contribution is -2.37. The summed E-state index contributed by atoms with van der Waals surface area (Å²) in [4.78, 5) is 34.2. The maximum Gasteiger partial charge on any atom is 0.290 e. The first kappa shape index (κ1) is 18.8. The van der Waals surface area contributed by atoms with Crippen molar-refractivity contribution < 1.29 is 14.7 Å². The highest BCUT2D eigenvalue weighted by Crippen LogP contribution is 2.29. The third-order valence-electron chi connectivity index (χ3n) is 4.95. The van der Waals surface area contributed by atoms with E-state index in [4.69, 9.17) is 9.90 Å². The summed E-state index contributed by atoms with van der Waals surface area (Å²) in [5, 5.41) is 13.8. The SMILES string of the molecule is O=C(c1cccnc1N1CCCC(c2ncn[nH]2)C1)N1CCCC1.O=CO. The average molecular weight is 372 g/mol. The molecule has 2 saturated heterocycles. The maximum atomic E-state index is 12.9. The number of amides is 1. The summed E-state index contributed by atoms with van der Waals surface area (Å²) in [5.74, 6) is 2.14. The number of nitrogens with one attached hydrogen (secondary N) is 1. The Morgan fingerprint density at radius 1 is 1.22 bits per heavy atom. The zero-order valence-electron chi connectivity index (χ0n) is 15.1. The summed E-state index contributed by atoms with van der Waals surface area (Å²) in [7, 11) is 0. The molecule has 1 atom stereocenters. The van der Waals surface area contributed by atoms with Crippen LogP contribution in [0.25, 0.3) is 0 Å². The number of carboxylic acid groups (broad SMARTS) is 1. The van der Waals surface area contributed by atoms with Crippen LogP contribution in [0.4, 0.5) is 5.82 Å². The molecule has 0 bridgehead atoms. The van der Waals surface area contributed by atoms with Gasteiger partial charge in [0.05, 0.1) is 5.56 Å². The monoisotopic (exact) mass is 372 g/mol. The quantitative estimate of drug-likeness (QED) is 0.785. The van der Waals surface area contributed by atoms with Crippen LogP contribution in [0.3, 0.4) is 0 Å². The number of carbonyl (C=O) groups is 2. The maximum absolute atomic E-state index is 12.9. The number of rotatable bonds is 3. The molecule has 0 aromatic carbocycles. The van der Waals surface area contributed by atoms with E-state index in [0.29, 0.717) is 5.92 Å². The molecule has 1 unspecified atom stereocenters. The fraction of sp³-hybridized carbons (Fsp3) is 0.500. The topological polar surface area (TPSA) is 115 Å². The summed E-state index contributed by atoms with van der Waals surface area (Å²) in [6.07, 6.45) is 7.65. The standard InChI is InChI=1S/C17H22N6O.CH2O2/c24-17(22-8-1-2-9-22)14-6-3-7-18-16(14)23-10-4-5-13(11-23)15-19-12-20-21-15;2-1-3/h3,6-7,12-13H,1-2,4-5,8-11H2,(H,19,20,21);1H,(H,2,3). The second kappa shape index (κ2) is 9.11. The molecule has 27 heavy (non-hydrogen) atoms. The lowest BCUT2D eigenvalue weighted by Gasteiger charge is -2.33. The van der Waals surface area contributed by atoms with E-state index in [0.717, 1.165) is 69.1 Å². The van der Waals surface area contributed by atoms with Crippen LogP contribution >= 0.6 is 0 Å². The Hall–Kier alpha value is -2.97. The van der Waals surface area contributed by atoms with Crippen molar-refractivity contribution in [2.75, 3.05) is 31.1 Å². The van der Waals surface area contributed by atoms with E-state index < -0.39 is 0 Å². The lowest BCUT2D eigenvalue weighted by atomic mass is 9.97. The van der Waals surface area contributed by atoms with Gasteiger partial charge in [-0.15, -0.1) is 0 Å². The Balaban J connectivity index is 0.000000659. The molecular formula is C18H24N6O3. The molecule has 2 fully saturated rings. The molecule has 0 spiro atoms. The first-order valence-electron chi connectivity index (χ1n) is 9.17. The van der Waals surface area contributed by atoms with Gasteiger partial charge in [-0.2, -0.15) is 5.10 Å². The normalized spacial score (nSPS) is 19.3. The summed E-state index contributed by atoms with van der Waals surface area (Å²) < 4.78 is 0. The molecule has 9 nitrogen and oxygen atoms in total. The Kier molecular flexibility index (Phi) is 6.35. The van der Waals surface area contributed by atoms with Crippen molar-refractivity contribution in [1.29, 1.82) is 0 Å². The van der Waals surface area contributed by atoms with Crippen LogP contribution in [0.15, 0.2) is 24.7 Å². The summed E-state index contributed by atoms with van der Waals surface area (Å²) in [6, 6.07) is 3.76. The number of hydrogen-bond donors (Lipinski definition) is 2. The van der Waals surface area contributed by atoms with Gasteiger partial charge in [0.1, 0.15) is 18.0 Å². The summed E-state index contributed by atoms with van der Waals surface area (Å²) in [5.41, 5.74) is 0.720. The second-order valence-electron chi connectivity index (χ2n) is 6.64. The van der Waals surface area contributed by atoms with Gasteiger partial charge in [0.25, 0.3) is 12.4 Å². The first-order chi connectivity index (χ1) is 13.2. The number of piperidine rings is 1. The zero-order chi connectivity index (χ0) is 19.1. The van der Waals surface area contributed by atoms with Crippen molar-refractivity contribution in [2.24, 2.45) is 0 Å². The molecule has 2 aromatic heterocycles. The molecule has 1 amide bonds. The number of aromatic nitrogens is 4. The van der Waals surface area contributed by atoms with E-state index in [-0.39, 0.29) is 12.4 Å². The smallest absolute Gasteiger partial charge is 0.290 e. The highest BCUT2D eigenvalue weighted by Gasteiger charge is 2.29. The molecule has 144 valence electrons. The molecule has 2 aliphatic heterocycles. The van der Waals surface area contributed by atoms with Crippen LogP contribution in [0, 0.1) is 0 Å².